The largest absolute Gasteiger partial charge is 0.496 e. The van der Waals surface area contributed by atoms with Crippen molar-refractivity contribution in [3.8, 4) is 11.5 Å². The highest BCUT2D eigenvalue weighted by Gasteiger charge is 2.44. The topological polar surface area (TPSA) is 48.0 Å². The minimum Gasteiger partial charge on any atom is -0.496 e. The lowest BCUT2D eigenvalue weighted by molar-refractivity contribution is -0.0872. The van der Waals surface area contributed by atoms with Gasteiger partial charge in [0.15, 0.2) is 0 Å². The number of nitrogens with zero attached hydrogens (tertiary/aromatic N) is 1. The average molecular weight is 474 g/mol. The van der Waals surface area contributed by atoms with Crippen LogP contribution in [0.4, 0.5) is 0 Å². The normalized spacial score (nSPS) is 20.0. The fourth-order valence-corrected chi connectivity index (χ4v) is 4.82. The number of amides is 1. The van der Waals surface area contributed by atoms with Gasteiger partial charge >= 0.3 is 0 Å². The Hall–Kier alpha value is -2.05. The highest BCUT2D eigenvalue weighted by molar-refractivity contribution is 9.10. The number of methoxy groups -OCH3 is 1. The second-order valence-corrected chi connectivity index (χ2v) is 9.20. The number of ether oxygens (including phenoxy) is 3. The summed E-state index contributed by atoms with van der Waals surface area (Å²) in [6, 6.07) is 13.6. The molecule has 0 N–H and O–H groups in total. The van der Waals surface area contributed by atoms with E-state index in [1.807, 2.05) is 35.2 Å². The van der Waals surface area contributed by atoms with Crippen LogP contribution >= 0.6 is 15.9 Å². The molecular formula is C24H28BrNO4. The molecule has 1 unspecified atom stereocenters. The van der Waals surface area contributed by atoms with Gasteiger partial charge in [-0.25, -0.2) is 0 Å². The first kappa shape index (κ1) is 21.2. The van der Waals surface area contributed by atoms with E-state index in [2.05, 4.69) is 35.8 Å². The Labute approximate surface area is 186 Å². The zero-order valence-corrected chi connectivity index (χ0v) is 19.3. The number of halogens is 1. The maximum Gasteiger partial charge on any atom is 0.253 e. The molecule has 0 radical (unpaired) electrons. The summed E-state index contributed by atoms with van der Waals surface area (Å²) in [5.74, 6) is 1.60. The van der Waals surface area contributed by atoms with Gasteiger partial charge in [-0.15, -0.1) is 0 Å². The van der Waals surface area contributed by atoms with Crippen molar-refractivity contribution in [2.45, 2.75) is 50.9 Å². The monoisotopic (exact) mass is 473 g/mol. The lowest BCUT2D eigenvalue weighted by atomic mass is 9.81. The van der Waals surface area contributed by atoms with Gasteiger partial charge in [0.1, 0.15) is 17.1 Å². The SMILES string of the molecule is COc1cc(C(=O)N2CCC3(CC2)CC(OC(C)C)c2ccccc2O3)ccc1Br. The molecule has 30 heavy (non-hydrogen) atoms. The fraction of sp³-hybridized carbons (Fsp3) is 0.458. The van der Waals surface area contributed by atoms with Crippen LogP contribution in [0.1, 0.15) is 55.1 Å². The molecule has 6 heteroatoms. The first-order valence-corrected chi connectivity index (χ1v) is 11.3. The molecule has 0 aromatic heterocycles. The molecule has 0 saturated carbocycles. The second-order valence-electron chi connectivity index (χ2n) is 8.34. The summed E-state index contributed by atoms with van der Waals surface area (Å²) in [6.45, 7) is 5.46. The minimum absolute atomic E-state index is 0.0212. The summed E-state index contributed by atoms with van der Waals surface area (Å²) in [5, 5.41) is 0. The molecule has 2 aromatic rings. The van der Waals surface area contributed by atoms with Crippen LogP contribution in [0.5, 0.6) is 11.5 Å². The number of fused-ring (bicyclic) bond motifs is 1. The third-order valence-electron chi connectivity index (χ3n) is 5.95. The standard InChI is InChI=1S/C24H28BrNO4/c1-16(2)29-22-15-24(30-20-7-5-4-6-18(20)22)10-12-26(13-11-24)23(27)17-8-9-19(25)21(14-17)28-3/h4-9,14,16,22H,10-13,15H2,1-3H3. The summed E-state index contributed by atoms with van der Waals surface area (Å²) in [6.07, 6.45) is 2.56. The van der Waals surface area contributed by atoms with Gasteiger partial charge in [0.05, 0.1) is 23.8 Å². The van der Waals surface area contributed by atoms with E-state index in [4.69, 9.17) is 14.2 Å². The van der Waals surface area contributed by atoms with E-state index in [-0.39, 0.29) is 23.7 Å². The van der Waals surface area contributed by atoms with Crippen molar-refractivity contribution in [3.63, 3.8) is 0 Å². The molecule has 5 nitrogen and oxygen atoms in total. The Balaban J connectivity index is 1.49. The van der Waals surface area contributed by atoms with Crippen molar-refractivity contribution in [3.05, 3.63) is 58.1 Å². The lowest BCUT2D eigenvalue weighted by Gasteiger charge is -2.47. The number of rotatable bonds is 4. The third-order valence-corrected chi connectivity index (χ3v) is 6.60. The molecule has 1 saturated heterocycles. The summed E-state index contributed by atoms with van der Waals surface area (Å²) in [5.41, 5.74) is 1.47. The first-order valence-electron chi connectivity index (χ1n) is 10.5. The van der Waals surface area contributed by atoms with Gasteiger partial charge in [0.2, 0.25) is 0 Å². The summed E-state index contributed by atoms with van der Waals surface area (Å²) in [4.78, 5) is 15.0. The number of benzene rings is 2. The zero-order chi connectivity index (χ0) is 21.3. The third kappa shape index (κ3) is 4.21. The molecular weight excluding hydrogens is 446 g/mol. The first-order chi connectivity index (χ1) is 14.4. The minimum atomic E-state index is -0.290. The summed E-state index contributed by atoms with van der Waals surface area (Å²) >= 11 is 3.44. The molecule has 2 aliphatic rings. The van der Waals surface area contributed by atoms with E-state index in [1.165, 1.54) is 0 Å². The Kier molecular flexibility index (Phi) is 6.07. The maximum atomic E-state index is 13.0. The van der Waals surface area contributed by atoms with Crippen molar-refractivity contribution < 1.29 is 19.0 Å². The fourth-order valence-electron chi connectivity index (χ4n) is 4.41. The van der Waals surface area contributed by atoms with Crippen molar-refractivity contribution >= 4 is 21.8 Å². The molecule has 160 valence electrons. The van der Waals surface area contributed by atoms with Gasteiger partial charge in [-0.3, -0.25) is 4.79 Å². The van der Waals surface area contributed by atoms with Gasteiger partial charge < -0.3 is 19.1 Å². The van der Waals surface area contributed by atoms with E-state index >= 15 is 0 Å². The van der Waals surface area contributed by atoms with E-state index in [9.17, 15) is 4.79 Å². The van der Waals surface area contributed by atoms with E-state index in [1.54, 1.807) is 13.2 Å². The van der Waals surface area contributed by atoms with Crippen molar-refractivity contribution in [2.75, 3.05) is 20.2 Å². The van der Waals surface area contributed by atoms with Crippen molar-refractivity contribution in [1.82, 2.24) is 4.90 Å². The predicted molar refractivity (Wildman–Crippen MR) is 119 cm³/mol. The van der Waals surface area contributed by atoms with E-state index < -0.39 is 0 Å². The molecule has 1 atom stereocenters. The highest BCUT2D eigenvalue weighted by Crippen LogP contribution is 2.46. The molecule has 1 spiro atoms. The Morgan fingerprint density at radius 1 is 1.20 bits per heavy atom. The maximum absolute atomic E-state index is 13.0. The number of hydrogen-bond acceptors (Lipinski definition) is 4. The van der Waals surface area contributed by atoms with E-state index in [0.717, 1.165) is 35.0 Å². The number of carbonyl (C=O) groups is 1. The molecule has 0 bridgehead atoms. The van der Waals surface area contributed by atoms with Crippen LogP contribution in [0, 0.1) is 0 Å². The molecule has 0 aliphatic carbocycles. The Morgan fingerprint density at radius 2 is 1.93 bits per heavy atom. The summed E-state index contributed by atoms with van der Waals surface area (Å²) < 4.78 is 18.9. The average Bonchev–Trinajstić information content (AvgIpc) is 2.74. The number of piperidine rings is 1. The van der Waals surface area contributed by atoms with Crippen LogP contribution in [0.25, 0.3) is 0 Å². The van der Waals surface area contributed by atoms with Crippen LogP contribution in [0.3, 0.4) is 0 Å². The quantitative estimate of drug-likeness (QED) is 0.597. The number of hydrogen-bond donors (Lipinski definition) is 0. The second kappa shape index (κ2) is 8.60. The van der Waals surface area contributed by atoms with Crippen LogP contribution in [-0.4, -0.2) is 42.7 Å². The van der Waals surface area contributed by atoms with Crippen LogP contribution in [0.2, 0.25) is 0 Å². The number of carbonyl (C=O) groups excluding carboxylic acids is 1. The number of likely N-dealkylation sites (tertiary alicyclic amines) is 1. The predicted octanol–water partition coefficient (Wildman–Crippen LogP) is 5.38. The van der Waals surface area contributed by atoms with Crippen LogP contribution in [0.15, 0.2) is 46.9 Å². The van der Waals surface area contributed by atoms with Crippen molar-refractivity contribution in [1.29, 1.82) is 0 Å². The molecule has 1 amide bonds. The Morgan fingerprint density at radius 3 is 2.63 bits per heavy atom. The molecule has 2 aliphatic heterocycles. The van der Waals surface area contributed by atoms with Gasteiger partial charge in [-0.2, -0.15) is 0 Å². The van der Waals surface area contributed by atoms with Gasteiger partial charge in [0, 0.05) is 43.5 Å². The summed E-state index contributed by atoms with van der Waals surface area (Å²) in [7, 11) is 1.60. The lowest BCUT2D eigenvalue weighted by Crippen LogP contribution is -2.52. The van der Waals surface area contributed by atoms with Gasteiger partial charge in [-0.1, -0.05) is 18.2 Å². The van der Waals surface area contributed by atoms with E-state index in [0.29, 0.717) is 24.4 Å². The highest BCUT2D eigenvalue weighted by atomic mass is 79.9. The van der Waals surface area contributed by atoms with Gasteiger partial charge in [0.25, 0.3) is 5.91 Å². The van der Waals surface area contributed by atoms with Crippen LogP contribution in [-0.2, 0) is 4.74 Å². The smallest absolute Gasteiger partial charge is 0.253 e. The molecule has 4 rings (SSSR count). The molecule has 2 aromatic carbocycles. The molecule has 1 fully saturated rings. The zero-order valence-electron chi connectivity index (χ0n) is 17.7. The number of para-hydroxylation sites is 1. The molecule has 2 heterocycles. The van der Waals surface area contributed by atoms with Gasteiger partial charge in [-0.05, 0) is 54.0 Å². The van der Waals surface area contributed by atoms with Crippen molar-refractivity contribution in [2.24, 2.45) is 0 Å². The Bertz CT molecular complexity index is 921. The van der Waals surface area contributed by atoms with Crippen LogP contribution < -0.4 is 9.47 Å².